The van der Waals surface area contributed by atoms with Gasteiger partial charge < -0.3 is 24.2 Å². The maximum atomic E-state index is 12.9. The lowest BCUT2D eigenvalue weighted by molar-refractivity contribution is -0.161. The topological polar surface area (TPSA) is 155 Å². The molecule has 0 bridgehead atoms. The summed E-state index contributed by atoms with van der Waals surface area (Å²) in [5.74, 6) is -1.58. The first-order valence-electron chi connectivity index (χ1n) is 31.1. The molecule has 0 aliphatic carbocycles. The number of allylic oxidation sites excluding steroid dienone is 16. The van der Waals surface area contributed by atoms with Crippen LogP contribution in [-0.4, -0.2) is 66.5 Å². The molecular weight excluding hydrogens is 1000 g/mol. The van der Waals surface area contributed by atoms with Crippen LogP contribution in [0.5, 0.6) is 0 Å². The first kappa shape index (κ1) is 74.4. The average molecular weight is 1110 g/mol. The molecule has 0 saturated heterocycles. The van der Waals surface area contributed by atoms with Gasteiger partial charge in [-0.05, 0) is 89.9 Å². The van der Waals surface area contributed by atoms with E-state index >= 15 is 0 Å². The van der Waals surface area contributed by atoms with Gasteiger partial charge in [-0.1, -0.05) is 253 Å². The number of hydrogen-bond donors (Lipinski definition) is 2. The zero-order valence-electron chi connectivity index (χ0n) is 49.6. The number of unbranched alkanes of at least 4 members (excludes halogenated alkanes) is 24. The van der Waals surface area contributed by atoms with Crippen molar-refractivity contribution in [3.8, 4) is 0 Å². The van der Waals surface area contributed by atoms with Crippen molar-refractivity contribution in [2.45, 2.75) is 277 Å². The number of phosphoric acid groups is 1. The number of ether oxygens (including phenoxy) is 3. The SMILES string of the molecule is CC/C=C\C/C=C\C/C=C\C/C=C\C/C=C\C/C=C\CCC(=O)OC(COC(=O)CCCCCCC/C=C\C/C=C\CCCCC)COP(=O)(O)OCC(CO)OC(=O)CCCCCCCCCCCCCCCCCCC. The van der Waals surface area contributed by atoms with Crippen LogP contribution in [-0.2, 0) is 42.2 Å². The summed E-state index contributed by atoms with van der Waals surface area (Å²) in [5, 5.41) is 9.84. The Labute approximate surface area is 476 Å². The van der Waals surface area contributed by atoms with Gasteiger partial charge >= 0.3 is 25.7 Å². The zero-order valence-corrected chi connectivity index (χ0v) is 50.5. The number of aliphatic hydroxyl groups excluding tert-OH is 1. The first-order chi connectivity index (χ1) is 38.2. The molecule has 0 aromatic carbocycles. The average Bonchev–Trinajstić information content (AvgIpc) is 3.43. The number of carbonyl (C=O) groups is 3. The van der Waals surface area contributed by atoms with Crippen LogP contribution in [0.4, 0.5) is 0 Å². The van der Waals surface area contributed by atoms with Crippen LogP contribution < -0.4 is 0 Å². The Morgan fingerprint density at radius 3 is 1.13 bits per heavy atom. The molecule has 0 radical (unpaired) electrons. The molecule has 11 nitrogen and oxygen atoms in total. The Morgan fingerprint density at radius 2 is 0.692 bits per heavy atom. The molecule has 0 aliphatic rings. The van der Waals surface area contributed by atoms with Crippen molar-refractivity contribution in [2.75, 3.05) is 26.4 Å². The standard InChI is InChI=1S/C66H113O11P/c1-4-7-10-13-16-19-22-25-28-30-31-33-36-39-42-45-48-51-54-57-66(70)77-63(59-73-64(68)55-52-49-46-43-40-37-34-27-24-21-18-15-12-9-6-3)61-75-78(71,72)74-60-62(58-67)76-65(69)56-53-50-47-44-41-38-35-32-29-26-23-20-17-14-11-8-5-2/h7,10,16,18-19,21,25,27-28,31,33-34,39,42,48,51,62-63,67H,4-6,8-9,11-15,17,20,22-24,26,29-30,32,35-38,40-41,43-47,49-50,52-61H2,1-3H3,(H,71,72)/b10-7-,19-16-,21-18-,28-25-,33-31-,34-27-,42-39-,51-48-. The molecule has 3 atom stereocenters. The quantitative estimate of drug-likeness (QED) is 0.0197. The molecule has 3 unspecified atom stereocenters. The van der Waals surface area contributed by atoms with E-state index < -0.39 is 57.8 Å². The number of carbonyl (C=O) groups excluding carboxylic acids is 3. The van der Waals surface area contributed by atoms with E-state index in [0.717, 1.165) is 96.3 Å². The summed E-state index contributed by atoms with van der Waals surface area (Å²) in [6.07, 6.45) is 70.9. The van der Waals surface area contributed by atoms with Crippen LogP contribution in [0, 0.1) is 0 Å². The third-order valence-electron chi connectivity index (χ3n) is 13.0. The smallest absolute Gasteiger partial charge is 0.462 e. The summed E-state index contributed by atoms with van der Waals surface area (Å²) in [7, 11) is -4.78. The third-order valence-corrected chi connectivity index (χ3v) is 14.0. The van der Waals surface area contributed by atoms with Crippen molar-refractivity contribution in [2.24, 2.45) is 0 Å². The summed E-state index contributed by atoms with van der Waals surface area (Å²) >= 11 is 0. The van der Waals surface area contributed by atoms with Crippen molar-refractivity contribution in [3.63, 3.8) is 0 Å². The molecule has 0 aromatic rings. The first-order valence-corrected chi connectivity index (χ1v) is 32.6. The fourth-order valence-corrected chi connectivity index (χ4v) is 9.08. The lowest BCUT2D eigenvalue weighted by Gasteiger charge is -2.21. The molecule has 0 amide bonds. The van der Waals surface area contributed by atoms with Crippen LogP contribution in [0.25, 0.3) is 0 Å². The van der Waals surface area contributed by atoms with Gasteiger partial charge in [-0.15, -0.1) is 0 Å². The normalized spacial score (nSPS) is 14.0. The molecule has 0 spiro atoms. The highest BCUT2D eigenvalue weighted by Crippen LogP contribution is 2.43. The maximum absolute atomic E-state index is 12.9. The van der Waals surface area contributed by atoms with E-state index in [1.54, 1.807) is 0 Å². The minimum atomic E-state index is -4.78. The van der Waals surface area contributed by atoms with Gasteiger partial charge in [-0.2, -0.15) is 0 Å². The number of aliphatic hydroxyl groups is 1. The van der Waals surface area contributed by atoms with E-state index in [2.05, 4.69) is 106 Å². The highest BCUT2D eigenvalue weighted by atomic mass is 31.2. The molecule has 448 valence electrons. The molecule has 0 aliphatic heterocycles. The predicted octanol–water partition coefficient (Wildman–Crippen LogP) is 18.8. The second-order valence-electron chi connectivity index (χ2n) is 20.5. The Morgan fingerprint density at radius 1 is 0.372 bits per heavy atom. The van der Waals surface area contributed by atoms with Crippen molar-refractivity contribution in [3.05, 3.63) is 97.2 Å². The van der Waals surface area contributed by atoms with Crippen LogP contribution in [0.2, 0.25) is 0 Å². The van der Waals surface area contributed by atoms with Gasteiger partial charge in [0.1, 0.15) is 12.7 Å². The lowest BCUT2D eigenvalue weighted by atomic mass is 10.0. The number of hydrogen-bond acceptors (Lipinski definition) is 10. The van der Waals surface area contributed by atoms with Crippen molar-refractivity contribution in [1.82, 2.24) is 0 Å². The summed E-state index contributed by atoms with van der Waals surface area (Å²) in [6.45, 7) is 4.43. The van der Waals surface area contributed by atoms with Crippen LogP contribution in [0.15, 0.2) is 97.2 Å². The van der Waals surface area contributed by atoms with E-state index in [0.29, 0.717) is 25.7 Å². The molecule has 2 N–H and O–H groups in total. The van der Waals surface area contributed by atoms with E-state index in [-0.39, 0.29) is 25.9 Å². The predicted molar refractivity (Wildman–Crippen MR) is 325 cm³/mol. The fraction of sp³-hybridized carbons (Fsp3) is 0.712. The minimum Gasteiger partial charge on any atom is -0.462 e. The van der Waals surface area contributed by atoms with Crippen LogP contribution >= 0.6 is 7.82 Å². The van der Waals surface area contributed by atoms with E-state index in [4.69, 9.17) is 23.3 Å². The van der Waals surface area contributed by atoms with Crippen molar-refractivity contribution in [1.29, 1.82) is 0 Å². The van der Waals surface area contributed by atoms with Crippen molar-refractivity contribution < 1.29 is 52.2 Å². The molecule has 0 aromatic heterocycles. The highest BCUT2D eigenvalue weighted by molar-refractivity contribution is 7.47. The molecule has 0 heterocycles. The molecule has 0 saturated carbocycles. The van der Waals surface area contributed by atoms with Gasteiger partial charge in [0.05, 0.1) is 19.8 Å². The molecule has 0 rings (SSSR count). The largest absolute Gasteiger partial charge is 0.472 e. The number of esters is 3. The number of rotatable bonds is 57. The van der Waals surface area contributed by atoms with Gasteiger partial charge in [-0.25, -0.2) is 4.57 Å². The highest BCUT2D eigenvalue weighted by Gasteiger charge is 2.28. The third kappa shape index (κ3) is 57.1. The summed E-state index contributed by atoms with van der Waals surface area (Å²) in [6, 6.07) is 0. The van der Waals surface area contributed by atoms with Gasteiger partial charge in [0.2, 0.25) is 0 Å². The molecule has 0 fully saturated rings. The maximum Gasteiger partial charge on any atom is 0.472 e. The van der Waals surface area contributed by atoms with E-state index in [1.807, 2.05) is 12.2 Å². The monoisotopic (exact) mass is 1110 g/mol. The van der Waals surface area contributed by atoms with Crippen LogP contribution in [0.3, 0.4) is 0 Å². The van der Waals surface area contributed by atoms with Gasteiger partial charge in [0, 0.05) is 19.3 Å². The molecule has 12 heteroatoms. The fourth-order valence-electron chi connectivity index (χ4n) is 8.30. The van der Waals surface area contributed by atoms with Gasteiger partial charge in [0.25, 0.3) is 0 Å². The second kappa shape index (κ2) is 59.5. The summed E-state index contributed by atoms with van der Waals surface area (Å²) in [4.78, 5) is 48.6. The Bertz CT molecular complexity index is 1680. The van der Waals surface area contributed by atoms with E-state index in [9.17, 15) is 28.9 Å². The minimum absolute atomic E-state index is 0.0366. The Balaban J connectivity index is 4.81. The van der Waals surface area contributed by atoms with Gasteiger partial charge in [-0.3, -0.25) is 23.4 Å². The molecular formula is C66H113O11P. The van der Waals surface area contributed by atoms with Gasteiger partial charge in [0.15, 0.2) is 6.10 Å². The Hall–Kier alpha value is -3.60. The Kier molecular flexibility index (Phi) is 56.8. The summed E-state index contributed by atoms with van der Waals surface area (Å²) < 4.78 is 39.5. The van der Waals surface area contributed by atoms with Crippen molar-refractivity contribution >= 4 is 25.7 Å². The van der Waals surface area contributed by atoms with Crippen LogP contribution in [0.1, 0.15) is 265 Å². The lowest BCUT2D eigenvalue weighted by Crippen LogP contribution is -2.30. The van der Waals surface area contributed by atoms with E-state index in [1.165, 1.54) is 103 Å². The second-order valence-corrected chi connectivity index (χ2v) is 21.9. The summed E-state index contributed by atoms with van der Waals surface area (Å²) in [5.41, 5.74) is 0. The number of phosphoric ester groups is 1. The molecule has 78 heavy (non-hydrogen) atoms. The zero-order chi connectivity index (χ0) is 56.9.